The molecule has 0 fully saturated rings. The number of hydrogen-bond donors (Lipinski definition) is 3. The second-order valence-corrected chi connectivity index (χ2v) is 9.11. The van der Waals surface area contributed by atoms with E-state index in [-0.39, 0.29) is 24.1 Å². The quantitative estimate of drug-likeness (QED) is 0.379. The fraction of sp³-hybridized carbons (Fsp3) is 0.417. The van der Waals surface area contributed by atoms with Gasteiger partial charge in [0.15, 0.2) is 0 Å². The Bertz CT molecular complexity index is 1180. The fourth-order valence-corrected chi connectivity index (χ4v) is 3.66. The van der Waals surface area contributed by atoms with Crippen molar-refractivity contribution in [3.8, 4) is 28.6 Å². The van der Waals surface area contributed by atoms with Gasteiger partial charge >= 0.3 is 0 Å². The van der Waals surface area contributed by atoms with Crippen molar-refractivity contribution in [3.05, 3.63) is 40.5 Å². The number of anilines is 1. The van der Waals surface area contributed by atoms with Gasteiger partial charge in [-0.3, -0.25) is 4.79 Å². The summed E-state index contributed by atoms with van der Waals surface area (Å²) in [5, 5.41) is 23.9. The van der Waals surface area contributed by atoms with Crippen LogP contribution in [0.3, 0.4) is 0 Å². The first kappa shape index (κ1) is 26.4. The summed E-state index contributed by atoms with van der Waals surface area (Å²) in [6.45, 7) is 7.69. The third kappa shape index (κ3) is 6.47. The molecule has 10 nitrogen and oxygen atoms in total. The summed E-state index contributed by atoms with van der Waals surface area (Å²) in [5.41, 5.74) is 7.90. The Morgan fingerprint density at radius 2 is 1.89 bits per heavy atom. The van der Waals surface area contributed by atoms with Crippen LogP contribution in [0.15, 0.2) is 28.8 Å². The molecule has 2 atom stereocenters. The van der Waals surface area contributed by atoms with Crippen molar-refractivity contribution in [1.82, 2.24) is 15.1 Å². The number of aryl methyl sites for hydroxylation is 2. The van der Waals surface area contributed by atoms with Gasteiger partial charge in [-0.2, -0.15) is 4.98 Å². The summed E-state index contributed by atoms with van der Waals surface area (Å²) in [6, 6.07) is 7.48. The van der Waals surface area contributed by atoms with Gasteiger partial charge in [-0.15, -0.1) is 0 Å². The number of carbonyl (C=O) groups excluding carboxylic acids is 1. The highest BCUT2D eigenvalue weighted by atomic mass is 35.5. The molecule has 188 valence electrons. The second kappa shape index (κ2) is 11.0. The van der Waals surface area contributed by atoms with E-state index in [2.05, 4.69) is 33.9 Å². The monoisotopic (exact) mass is 503 g/mol. The second-order valence-electron chi connectivity index (χ2n) is 8.71. The standard InChI is InChI=1S/C24H30ClN5O5/c1-12(2)30(5)20-9-16(7-14(4)27-20)24-28-23(29-35-24)15-6-13(3)21(18(25)8-15)34-11-17(31)10-19(32)22(26)33/h6-9,12,17,19,31-32H,10-11H2,1-5H3,(H2,26,33)/t17-,19?/m0/s1. The van der Waals surface area contributed by atoms with Crippen molar-refractivity contribution in [2.75, 3.05) is 18.6 Å². The summed E-state index contributed by atoms with van der Waals surface area (Å²) in [7, 11) is 1.97. The molecule has 1 unspecified atom stereocenters. The van der Waals surface area contributed by atoms with Crippen LogP contribution in [-0.4, -0.2) is 63.1 Å². The molecule has 0 saturated heterocycles. The lowest BCUT2D eigenvalue weighted by molar-refractivity contribution is -0.127. The zero-order chi connectivity index (χ0) is 25.9. The normalized spacial score (nSPS) is 13.1. The van der Waals surface area contributed by atoms with E-state index < -0.39 is 18.1 Å². The molecule has 2 heterocycles. The van der Waals surface area contributed by atoms with Gasteiger partial charge in [0, 0.05) is 36.3 Å². The Morgan fingerprint density at radius 3 is 2.51 bits per heavy atom. The van der Waals surface area contributed by atoms with Crippen molar-refractivity contribution < 1.29 is 24.3 Å². The SMILES string of the molecule is Cc1cc(-c2nc(-c3cc(C)c(OC[C@@H](O)CC(O)C(N)=O)c(Cl)c3)no2)cc(N(C)C(C)C)n1. The molecule has 1 aromatic carbocycles. The van der Waals surface area contributed by atoms with Crippen LogP contribution in [0.25, 0.3) is 22.8 Å². The molecule has 2 aromatic heterocycles. The third-order valence-electron chi connectivity index (χ3n) is 5.48. The van der Waals surface area contributed by atoms with Crippen molar-refractivity contribution in [2.24, 2.45) is 5.73 Å². The van der Waals surface area contributed by atoms with Gasteiger partial charge in [0.1, 0.15) is 24.3 Å². The summed E-state index contributed by atoms with van der Waals surface area (Å²) in [6.07, 6.45) is -2.79. The third-order valence-corrected chi connectivity index (χ3v) is 5.76. The minimum atomic E-state index is -1.45. The minimum Gasteiger partial charge on any atom is -0.489 e. The van der Waals surface area contributed by atoms with Gasteiger partial charge in [-0.25, -0.2) is 4.98 Å². The van der Waals surface area contributed by atoms with E-state index in [0.717, 1.165) is 17.1 Å². The number of nitrogens with two attached hydrogens (primary N) is 1. The van der Waals surface area contributed by atoms with E-state index in [4.69, 9.17) is 26.6 Å². The van der Waals surface area contributed by atoms with Crippen LogP contribution in [0.1, 0.15) is 31.5 Å². The highest BCUT2D eigenvalue weighted by Gasteiger charge is 2.20. The molecular formula is C24H30ClN5O5. The molecule has 0 spiro atoms. The van der Waals surface area contributed by atoms with Crippen LogP contribution in [-0.2, 0) is 4.79 Å². The number of amides is 1. The maximum Gasteiger partial charge on any atom is 0.258 e. The van der Waals surface area contributed by atoms with Crippen LogP contribution in [0.2, 0.25) is 5.02 Å². The highest BCUT2D eigenvalue weighted by molar-refractivity contribution is 6.32. The molecule has 3 aromatic rings. The predicted octanol–water partition coefficient (Wildman–Crippen LogP) is 2.89. The Kier molecular flexibility index (Phi) is 8.31. The van der Waals surface area contributed by atoms with Crippen molar-refractivity contribution in [1.29, 1.82) is 0 Å². The molecule has 0 radical (unpaired) electrons. The zero-order valence-electron chi connectivity index (χ0n) is 20.3. The van der Waals surface area contributed by atoms with Crippen LogP contribution in [0, 0.1) is 13.8 Å². The number of benzene rings is 1. The van der Waals surface area contributed by atoms with E-state index in [1.807, 2.05) is 26.1 Å². The van der Waals surface area contributed by atoms with Crippen molar-refractivity contribution >= 4 is 23.3 Å². The first-order valence-electron chi connectivity index (χ1n) is 11.1. The zero-order valence-corrected chi connectivity index (χ0v) is 21.1. The Morgan fingerprint density at radius 1 is 1.17 bits per heavy atom. The van der Waals surface area contributed by atoms with Crippen LogP contribution < -0.4 is 15.4 Å². The number of nitrogens with zero attached hydrogens (tertiary/aromatic N) is 4. The number of hydrogen-bond acceptors (Lipinski definition) is 9. The number of pyridine rings is 1. The number of halogens is 1. The summed E-state index contributed by atoms with van der Waals surface area (Å²) in [4.78, 5) is 22.1. The van der Waals surface area contributed by atoms with Gasteiger partial charge in [0.25, 0.3) is 5.89 Å². The van der Waals surface area contributed by atoms with Crippen LogP contribution in [0.4, 0.5) is 5.82 Å². The van der Waals surface area contributed by atoms with Crippen molar-refractivity contribution in [2.45, 2.75) is 52.4 Å². The van der Waals surface area contributed by atoms with E-state index in [9.17, 15) is 15.0 Å². The van der Waals surface area contributed by atoms with Crippen molar-refractivity contribution in [3.63, 3.8) is 0 Å². The lowest BCUT2D eigenvalue weighted by Gasteiger charge is -2.23. The number of aliphatic hydroxyl groups is 2. The summed E-state index contributed by atoms with van der Waals surface area (Å²) < 4.78 is 11.1. The molecule has 0 aliphatic rings. The fourth-order valence-electron chi connectivity index (χ4n) is 3.34. The predicted molar refractivity (Wildman–Crippen MR) is 132 cm³/mol. The van der Waals surface area contributed by atoms with E-state index in [1.165, 1.54) is 0 Å². The first-order valence-corrected chi connectivity index (χ1v) is 11.5. The average Bonchev–Trinajstić information content (AvgIpc) is 3.27. The first-order chi connectivity index (χ1) is 16.5. The Hall–Kier alpha value is -3.21. The number of carbonyl (C=O) groups is 1. The average molecular weight is 504 g/mol. The molecule has 0 saturated carbocycles. The number of ether oxygens (including phenoxy) is 1. The molecule has 3 rings (SSSR count). The molecule has 35 heavy (non-hydrogen) atoms. The molecule has 0 aliphatic carbocycles. The largest absolute Gasteiger partial charge is 0.489 e. The highest BCUT2D eigenvalue weighted by Crippen LogP contribution is 2.34. The molecule has 0 bridgehead atoms. The smallest absolute Gasteiger partial charge is 0.258 e. The molecule has 0 aliphatic heterocycles. The van der Waals surface area contributed by atoms with Gasteiger partial charge < -0.3 is 30.1 Å². The summed E-state index contributed by atoms with van der Waals surface area (Å²) in [5.74, 6) is 0.967. The molecule has 4 N–H and O–H groups in total. The van der Waals surface area contributed by atoms with Gasteiger partial charge in [0.2, 0.25) is 11.7 Å². The molecule has 1 amide bonds. The Labute approximate surface area is 208 Å². The Balaban J connectivity index is 1.79. The number of aliphatic hydroxyl groups excluding tert-OH is 2. The topological polar surface area (TPSA) is 148 Å². The summed E-state index contributed by atoms with van der Waals surface area (Å²) >= 11 is 6.42. The number of aromatic nitrogens is 3. The molecular weight excluding hydrogens is 474 g/mol. The maximum atomic E-state index is 10.9. The van der Waals surface area contributed by atoms with Gasteiger partial charge in [0.05, 0.1) is 11.1 Å². The number of primary amides is 1. The lowest BCUT2D eigenvalue weighted by atomic mass is 10.1. The lowest BCUT2D eigenvalue weighted by Crippen LogP contribution is -2.33. The number of rotatable bonds is 10. The van der Waals surface area contributed by atoms with E-state index in [0.29, 0.717) is 28.6 Å². The van der Waals surface area contributed by atoms with Gasteiger partial charge in [-0.05, 0) is 57.5 Å². The molecule has 11 heteroatoms. The maximum absolute atomic E-state index is 10.9. The minimum absolute atomic E-state index is 0.175. The van der Waals surface area contributed by atoms with Crippen LogP contribution >= 0.6 is 11.6 Å². The van der Waals surface area contributed by atoms with E-state index in [1.54, 1.807) is 19.1 Å². The van der Waals surface area contributed by atoms with Crippen LogP contribution in [0.5, 0.6) is 5.75 Å². The van der Waals surface area contributed by atoms with Gasteiger partial charge in [-0.1, -0.05) is 16.8 Å². The van der Waals surface area contributed by atoms with E-state index >= 15 is 0 Å².